The number of rotatable bonds is 5. The molecule has 1 amide bonds. The molecule has 1 aromatic carbocycles. The van der Waals surface area contributed by atoms with Crippen molar-refractivity contribution in [2.75, 3.05) is 19.6 Å². The van der Waals surface area contributed by atoms with Crippen molar-refractivity contribution in [3.63, 3.8) is 0 Å². The van der Waals surface area contributed by atoms with Crippen LogP contribution < -0.4 is 5.32 Å². The van der Waals surface area contributed by atoms with Gasteiger partial charge in [-0.1, -0.05) is 30.3 Å². The summed E-state index contributed by atoms with van der Waals surface area (Å²) in [6, 6.07) is 10.1. The van der Waals surface area contributed by atoms with Crippen molar-refractivity contribution in [3.05, 3.63) is 35.9 Å². The zero-order chi connectivity index (χ0) is 13.5. The van der Waals surface area contributed by atoms with Gasteiger partial charge in [0.25, 0.3) is 0 Å². The SMILES string of the molecule is CC(CNC(=O)OCc1ccccc1)N1CCCC1. The molecule has 1 aliphatic rings. The van der Waals surface area contributed by atoms with Crippen LogP contribution in [0.25, 0.3) is 0 Å². The van der Waals surface area contributed by atoms with Gasteiger partial charge in [-0.2, -0.15) is 0 Å². The molecule has 0 saturated carbocycles. The Kier molecular flexibility index (Phi) is 5.21. The average molecular weight is 262 g/mol. The number of hydrogen-bond donors (Lipinski definition) is 1. The Bertz CT molecular complexity index is 388. The van der Waals surface area contributed by atoms with Gasteiger partial charge in [0.1, 0.15) is 6.61 Å². The van der Waals surface area contributed by atoms with Crippen LogP contribution in [0, 0.1) is 0 Å². The molecule has 4 nitrogen and oxygen atoms in total. The minimum absolute atomic E-state index is 0.324. The first-order valence-corrected chi connectivity index (χ1v) is 6.94. The number of carbonyl (C=O) groups is 1. The molecule has 1 unspecified atom stereocenters. The number of amides is 1. The van der Waals surface area contributed by atoms with E-state index in [0.29, 0.717) is 19.2 Å². The second-order valence-electron chi connectivity index (χ2n) is 5.03. The molecule has 104 valence electrons. The van der Waals surface area contributed by atoms with Crippen molar-refractivity contribution in [2.24, 2.45) is 0 Å². The molecule has 0 bridgehead atoms. The summed E-state index contributed by atoms with van der Waals surface area (Å²) in [4.78, 5) is 14.0. The number of likely N-dealkylation sites (tertiary alicyclic amines) is 1. The van der Waals surface area contributed by atoms with Crippen LogP contribution in [0.15, 0.2) is 30.3 Å². The van der Waals surface area contributed by atoms with Crippen molar-refractivity contribution >= 4 is 6.09 Å². The van der Waals surface area contributed by atoms with Crippen LogP contribution in [-0.2, 0) is 11.3 Å². The van der Waals surface area contributed by atoms with E-state index >= 15 is 0 Å². The summed E-state index contributed by atoms with van der Waals surface area (Å²) in [6.45, 7) is 5.39. The molecule has 0 radical (unpaired) electrons. The van der Waals surface area contributed by atoms with Gasteiger partial charge in [0.2, 0.25) is 0 Å². The number of ether oxygens (including phenoxy) is 1. The quantitative estimate of drug-likeness (QED) is 0.886. The Morgan fingerprint density at radius 1 is 1.32 bits per heavy atom. The first kappa shape index (κ1) is 13.9. The van der Waals surface area contributed by atoms with Crippen LogP contribution in [0.1, 0.15) is 25.3 Å². The predicted molar refractivity (Wildman–Crippen MR) is 74.9 cm³/mol. The van der Waals surface area contributed by atoms with Crippen LogP contribution in [-0.4, -0.2) is 36.7 Å². The highest BCUT2D eigenvalue weighted by Crippen LogP contribution is 2.10. The van der Waals surface area contributed by atoms with Crippen molar-refractivity contribution in [3.8, 4) is 0 Å². The Labute approximate surface area is 114 Å². The van der Waals surface area contributed by atoms with E-state index in [9.17, 15) is 4.79 Å². The van der Waals surface area contributed by atoms with Gasteiger partial charge in [0.05, 0.1) is 0 Å². The van der Waals surface area contributed by atoms with Crippen molar-refractivity contribution in [1.29, 1.82) is 0 Å². The molecule has 0 aromatic heterocycles. The number of nitrogens with one attached hydrogen (secondary N) is 1. The molecule has 2 rings (SSSR count). The second-order valence-corrected chi connectivity index (χ2v) is 5.03. The predicted octanol–water partition coefficient (Wildman–Crippen LogP) is 2.40. The summed E-state index contributed by atoms with van der Waals surface area (Å²) in [6.07, 6.45) is 2.20. The third-order valence-electron chi connectivity index (χ3n) is 3.52. The van der Waals surface area contributed by atoms with Gasteiger partial charge in [-0.15, -0.1) is 0 Å². The molecule has 1 fully saturated rings. The molecule has 1 aliphatic heterocycles. The molecule has 1 heterocycles. The lowest BCUT2D eigenvalue weighted by Gasteiger charge is -2.23. The normalized spacial score (nSPS) is 17.1. The molecule has 1 saturated heterocycles. The number of nitrogens with zero attached hydrogens (tertiary/aromatic N) is 1. The van der Waals surface area contributed by atoms with E-state index in [1.807, 2.05) is 30.3 Å². The standard InChI is InChI=1S/C15H22N2O2/c1-13(17-9-5-6-10-17)11-16-15(18)19-12-14-7-3-2-4-8-14/h2-4,7-8,13H,5-6,9-12H2,1H3,(H,16,18). The summed E-state index contributed by atoms with van der Waals surface area (Å²) in [5, 5.41) is 2.83. The highest BCUT2D eigenvalue weighted by molar-refractivity contribution is 5.67. The first-order chi connectivity index (χ1) is 9.25. The third kappa shape index (κ3) is 4.56. The van der Waals surface area contributed by atoms with E-state index < -0.39 is 0 Å². The zero-order valence-electron chi connectivity index (χ0n) is 11.5. The highest BCUT2D eigenvalue weighted by Gasteiger charge is 2.18. The molecule has 4 heteroatoms. The first-order valence-electron chi connectivity index (χ1n) is 6.94. The average Bonchev–Trinajstić information content (AvgIpc) is 2.98. The van der Waals surface area contributed by atoms with Gasteiger partial charge in [0.15, 0.2) is 0 Å². The smallest absolute Gasteiger partial charge is 0.407 e. The monoisotopic (exact) mass is 262 g/mol. The van der Waals surface area contributed by atoms with Gasteiger partial charge in [0, 0.05) is 12.6 Å². The maximum absolute atomic E-state index is 11.6. The third-order valence-corrected chi connectivity index (χ3v) is 3.52. The minimum Gasteiger partial charge on any atom is -0.445 e. The van der Waals surface area contributed by atoms with E-state index in [-0.39, 0.29) is 6.09 Å². The minimum atomic E-state index is -0.338. The topological polar surface area (TPSA) is 41.6 Å². The summed E-state index contributed by atoms with van der Waals surface area (Å²) in [5.74, 6) is 0. The molecule has 1 aromatic rings. The van der Waals surface area contributed by atoms with E-state index in [2.05, 4.69) is 17.1 Å². The van der Waals surface area contributed by atoms with Crippen LogP contribution in [0.4, 0.5) is 4.79 Å². The van der Waals surface area contributed by atoms with Crippen LogP contribution in [0.2, 0.25) is 0 Å². The summed E-state index contributed by atoms with van der Waals surface area (Å²) in [7, 11) is 0. The molecule has 0 spiro atoms. The summed E-state index contributed by atoms with van der Waals surface area (Å²) in [5.41, 5.74) is 1.00. The van der Waals surface area contributed by atoms with Gasteiger partial charge in [-0.3, -0.25) is 4.90 Å². The van der Waals surface area contributed by atoms with Crippen LogP contribution in [0.3, 0.4) is 0 Å². The van der Waals surface area contributed by atoms with Crippen molar-refractivity contribution in [2.45, 2.75) is 32.4 Å². The zero-order valence-corrected chi connectivity index (χ0v) is 11.5. The molecule has 1 atom stereocenters. The number of carbonyl (C=O) groups excluding carboxylic acids is 1. The summed E-state index contributed by atoms with van der Waals surface area (Å²) >= 11 is 0. The molecule has 19 heavy (non-hydrogen) atoms. The Balaban J connectivity index is 1.64. The fourth-order valence-corrected chi connectivity index (χ4v) is 2.32. The molecular weight excluding hydrogens is 240 g/mol. The number of hydrogen-bond acceptors (Lipinski definition) is 3. The van der Waals surface area contributed by atoms with Crippen LogP contribution >= 0.6 is 0 Å². The highest BCUT2D eigenvalue weighted by atomic mass is 16.5. The fourth-order valence-electron chi connectivity index (χ4n) is 2.32. The van der Waals surface area contributed by atoms with Gasteiger partial charge >= 0.3 is 6.09 Å². The Morgan fingerprint density at radius 3 is 2.68 bits per heavy atom. The summed E-state index contributed by atoms with van der Waals surface area (Å²) < 4.78 is 5.17. The number of benzene rings is 1. The van der Waals surface area contributed by atoms with Gasteiger partial charge in [-0.25, -0.2) is 4.79 Å². The van der Waals surface area contributed by atoms with E-state index in [1.165, 1.54) is 12.8 Å². The van der Waals surface area contributed by atoms with E-state index in [4.69, 9.17) is 4.74 Å². The lowest BCUT2D eigenvalue weighted by atomic mass is 10.2. The fraction of sp³-hybridized carbons (Fsp3) is 0.533. The molecule has 0 aliphatic carbocycles. The molecular formula is C15H22N2O2. The Hall–Kier alpha value is -1.55. The van der Waals surface area contributed by atoms with E-state index in [1.54, 1.807) is 0 Å². The van der Waals surface area contributed by atoms with Crippen LogP contribution in [0.5, 0.6) is 0 Å². The lowest BCUT2D eigenvalue weighted by Crippen LogP contribution is -2.40. The van der Waals surface area contributed by atoms with E-state index in [0.717, 1.165) is 18.7 Å². The second kappa shape index (κ2) is 7.14. The lowest BCUT2D eigenvalue weighted by molar-refractivity contribution is 0.135. The van der Waals surface area contributed by atoms with Gasteiger partial charge in [-0.05, 0) is 38.4 Å². The van der Waals surface area contributed by atoms with Crippen molar-refractivity contribution in [1.82, 2.24) is 10.2 Å². The number of alkyl carbamates (subject to hydrolysis) is 1. The maximum Gasteiger partial charge on any atom is 0.407 e. The van der Waals surface area contributed by atoms with Gasteiger partial charge < -0.3 is 10.1 Å². The largest absolute Gasteiger partial charge is 0.445 e. The van der Waals surface area contributed by atoms with Crippen molar-refractivity contribution < 1.29 is 9.53 Å². The maximum atomic E-state index is 11.6. The molecule has 1 N–H and O–H groups in total. The Morgan fingerprint density at radius 2 is 2.00 bits per heavy atom.